The van der Waals surface area contributed by atoms with E-state index in [9.17, 15) is 4.79 Å². The molecular formula is C25H38N8OS. The molecule has 2 aromatic heterocycles. The third-order valence-electron chi connectivity index (χ3n) is 6.73. The van der Waals surface area contributed by atoms with Gasteiger partial charge in [-0.1, -0.05) is 6.92 Å². The minimum Gasteiger partial charge on any atom is -0.352 e. The second kappa shape index (κ2) is 11.8. The van der Waals surface area contributed by atoms with Gasteiger partial charge in [0.05, 0.1) is 18.4 Å². The zero-order valence-electron chi connectivity index (χ0n) is 21.4. The van der Waals surface area contributed by atoms with E-state index in [4.69, 9.17) is 9.37 Å². The number of likely N-dealkylation sites (tertiary alicyclic amines) is 1. The highest BCUT2D eigenvalue weighted by Crippen LogP contribution is 2.25. The highest BCUT2D eigenvalue weighted by atomic mass is 32.1. The molecule has 1 N–H and O–H groups in total. The average Bonchev–Trinajstić information content (AvgIpc) is 3.45. The summed E-state index contributed by atoms with van der Waals surface area (Å²) in [5, 5.41) is 9.09. The van der Waals surface area contributed by atoms with Gasteiger partial charge in [-0.05, 0) is 62.8 Å². The van der Waals surface area contributed by atoms with Crippen molar-refractivity contribution in [2.75, 3.05) is 38.5 Å². The van der Waals surface area contributed by atoms with Gasteiger partial charge < -0.3 is 19.9 Å². The van der Waals surface area contributed by atoms with Crippen LogP contribution in [0.25, 0.3) is 0 Å². The molecule has 0 amide bonds. The van der Waals surface area contributed by atoms with Gasteiger partial charge in [0, 0.05) is 57.2 Å². The van der Waals surface area contributed by atoms with Gasteiger partial charge in [0.25, 0.3) is 0 Å². The molecule has 4 heterocycles. The summed E-state index contributed by atoms with van der Waals surface area (Å²) in [5.74, 6) is 1.75. The lowest BCUT2D eigenvalue weighted by Crippen LogP contribution is -2.49. The maximum atomic E-state index is 10.9. The molecular weight excluding hydrogens is 460 g/mol. The Kier molecular flexibility index (Phi) is 8.56. The smallest absolute Gasteiger partial charge is 0.159 e. The molecule has 1 fully saturated rings. The van der Waals surface area contributed by atoms with Gasteiger partial charge in [0.2, 0.25) is 0 Å². The standard InChI is InChI=1S/C25H38N8OS/c1-5-26-24-25(28-23-13-22(29-35-23)18-31-9-6-7-19(2)15-31)30(4)20(3)8-10-32(24)16-21-14-27-33(17-21)11-12-34/h8,12-14,17,19,25,28H,5-7,9-11,15-16,18H2,1-4H3. The summed E-state index contributed by atoms with van der Waals surface area (Å²) in [6, 6.07) is 2.19. The predicted octanol–water partition coefficient (Wildman–Crippen LogP) is 3.28. The van der Waals surface area contributed by atoms with Crippen molar-refractivity contribution in [3.63, 3.8) is 0 Å². The van der Waals surface area contributed by atoms with Gasteiger partial charge in [-0.3, -0.25) is 14.6 Å². The van der Waals surface area contributed by atoms with Crippen molar-refractivity contribution >= 4 is 28.7 Å². The molecule has 9 nitrogen and oxygen atoms in total. The minimum atomic E-state index is -0.109. The first-order valence-corrected chi connectivity index (χ1v) is 13.3. The summed E-state index contributed by atoms with van der Waals surface area (Å²) in [6.07, 6.45) is 9.36. The molecule has 0 saturated carbocycles. The van der Waals surface area contributed by atoms with Crippen LogP contribution in [-0.2, 0) is 24.4 Å². The van der Waals surface area contributed by atoms with Gasteiger partial charge in [-0.25, -0.2) is 0 Å². The third kappa shape index (κ3) is 6.49. The number of nitrogens with one attached hydrogen (secondary N) is 1. The van der Waals surface area contributed by atoms with Gasteiger partial charge in [-0.15, -0.1) is 0 Å². The van der Waals surface area contributed by atoms with E-state index in [1.807, 2.05) is 12.4 Å². The molecule has 2 aliphatic heterocycles. The van der Waals surface area contributed by atoms with E-state index in [1.54, 1.807) is 4.68 Å². The van der Waals surface area contributed by atoms with E-state index in [2.05, 4.69) is 65.1 Å². The number of hydrogen-bond donors (Lipinski definition) is 1. The number of carbonyl (C=O) groups excluding carboxylic acids is 1. The van der Waals surface area contributed by atoms with Crippen LogP contribution in [0.2, 0.25) is 0 Å². The Morgan fingerprint density at radius 1 is 1.34 bits per heavy atom. The first kappa shape index (κ1) is 25.4. The molecule has 4 rings (SSSR count). The highest BCUT2D eigenvalue weighted by molar-refractivity contribution is 7.10. The molecule has 0 aromatic carbocycles. The van der Waals surface area contributed by atoms with E-state index in [0.717, 1.165) is 60.5 Å². The minimum absolute atomic E-state index is 0.109. The number of carbonyl (C=O) groups is 1. The quantitative estimate of drug-likeness (QED) is 0.532. The summed E-state index contributed by atoms with van der Waals surface area (Å²) in [5.41, 5.74) is 3.38. The SMILES string of the molecule is CCN=C1C(Nc2cc(CN3CCCC(C)C3)ns2)N(C)C(C)=CCN1Cc1cnn(CC=O)c1. The maximum Gasteiger partial charge on any atom is 0.159 e. The Morgan fingerprint density at radius 3 is 2.97 bits per heavy atom. The highest BCUT2D eigenvalue weighted by Gasteiger charge is 2.29. The Bertz CT molecular complexity index is 1040. The lowest BCUT2D eigenvalue weighted by Gasteiger charge is -2.34. The number of piperidine rings is 1. The lowest BCUT2D eigenvalue weighted by atomic mass is 10.0. The number of likely N-dealkylation sites (N-methyl/N-ethyl adjacent to an activating group) is 1. The van der Waals surface area contributed by atoms with E-state index >= 15 is 0 Å². The third-order valence-corrected chi connectivity index (χ3v) is 7.48. The van der Waals surface area contributed by atoms with Gasteiger partial charge in [0.1, 0.15) is 17.1 Å². The van der Waals surface area contributed by atoms with E-state index in [1.165, 1.54) is 30.1 Å². The molecule has 2 aromatic rings. The molecule has 0 aliphatic carbocycles. The first-order valence-electron chi connectivity index (χ1n) is 12.5. The zero-order chi connectivity index (χ0) is 24.8. The molecule has 0 bridgehead atoms. The fourth-order valence-corrected chi connectivity index (χ4v) is 5.50. The first-order chi connectivity index (χ1) is 17.0. The predicted molar refractivity (Wildman–Crippen MR) is 141 cm³/mol. The summed E-state index contributed by atoms with van der Waals surface area (Å²) >= 11 is 1.52. The van der Waals surface area contributed by atoms with Gasteiger partial charge in [0.15, 0.2) is 6.17 Å². The fraction of sp³-hybridized carbons (Fsp3) is 0.600. The number of nitrogens with zero attached hydrogens (tertiary/aromatic N) is 7. The molecule has 190 valence electrons. The molecule has 10 heteroatoms. The number of aliphatic imine (C=N–C) groups is 1. The van der Waals surface area contributed by atoms with Crippen molar-refractivity contribution in [2.45, 2.75) is 59.4 Å². The largest absolute Gasteiger partial charge is 0.352 e. The van der Waals surface area contributed by atoms with Crippen molar-refractivity contribution in [1.29, 1.82) is 0 Å². The topological polar surface area (TPSA) is 81.9 Å². The number of hydrogen-bond acceptors (Lipinski definition) is 8. The number of anilines is 1. The number of allylic oxidation sites excluding steroid dienone is 1. The van der Waals surface area contributed by atoms with E-state index in [0.29, 0.717) is 13.1 Å². The summed E-state index contributed by atoms with van der Waals surface area (Å²) < 4.78 is 6.43. The Morgan fingerprint density at radius 2 is 2.20 bits per heavy atom. The normalized spacial score (nSPS) is 22.9. The van der Waals surface area contributed by atoms with Crippen molar-refractivity contribution in [3.05, 3.63) is 41.5 Å². The molecule has 2 aliphatic rings. The molecule has 1 saturated heterocycles. The summed E-state index contributed by atoms with van der Waals surface area (Å²) in [6.45, 7) is 12.2. The lowest BCUT2D eigenvalue weighted by molar-refractivity contribution is -0.108. The van der Waals surface area contributed by atoms with Crippen LogP contribution < -0.4 is 5.32 Å². The van der Waals surface area contributed by atoms with Crippen molar-refractivity contribution in [3.8, 4) is 0 Å². The van der Waals surface area contributed by atoms with Crippen LogP contribution in [0.1, 0.15) is 44.9 Å². The van der Waals surface area contributed by atoms with Crippen molar-refractivity contribution < 1.29 is 4.79 Å². The molecule has 0 radical (unpaired) electrons. The Balaban J connectivity index is 1.51. The molecule has 35 heavy (non-hydrogen) atoms. The zero-order valence-corrected chi connectivity index (χ0v) is 22.2. The van der Waals surface area contributed by atoms with Crippen LogP contribution in [-0.4, -0.2) is 80.4 Å². The van der Waals surface area contributed by atoms with Gasteiger partial charge >= 0.3 is 0 Å². The summed E-state index contributed by atoms with van der Waals surface area (Å²) in [7, 11) is 2.11. The number of aldehydes is 1. The van der Waals surface area contributed by atoms with Crippen LogP contribution in [0.5, 0.6) is 0 Å². The number of amidine groups is 1. The average molecular weight is 499 g/mol. The van der Waals surface area contributed by atoms with Crippen LogP contribution in [0, 0.1) is 5.92 Å². The molecule has 2 unspecified atom stereocenters. The molecule has 0 spiro atoms. The fourth-order valence-electron chi connectivity index (χ4n) is 4.82. The second-order valence-electron chi connectivity index (χ2n) is 9.62. The number of aromatic nitrogens is 3. The second-order valence-corrected chi connectivity index (χ2v) is 10.4. The van der Waals surface area contributed by atoms with Crippen LogP contribution >= 0.6 is 11.5 Å². The van der Waals surface area contributed by atoms with Gasteiger partial charge in [-0.2, -0.15) is 9.47 Å². The van der Waals surface area contributed by atoms with Crippen LogP contribution in [0.3, 0.4) is 0 Å². The number of rotatable bonds is 9. The maximum absolute atomic E-state index is 10.9. The summed E-state index contributed by atoms with van der Waals surface area (Å²) in [4.78, 5) is 22.8. The molecule has 2 atom stereocenters. The van der Waals surface area contributed by atoms with Crippen molar-refractivity contribution in [2.24, 2.45) is 10.9 Å². The Hall–Kier alpha value is -2.72. The van der Waals surface area contributed by atoms with Crippen LogP contribution in [0.15, 0.2) is 35.2 Å². The van der Waals surface area contributed by atoms with Crippen LogP contribution in [0.4, 0.5) is 5.00 Å². The van der Waals surface area contributed by atoms with E-state index < -0.39 is 0 Å². The monoisotopic (exact) mass is 498 g/mol. The van der Waals surface area contributed by atoms with E-state index in [-0.39, 0.29) is 12.7 Å². The Labute approximate surface area is 212 Å². The van der Waals surface area contributed by atoms with Crippen molar-refractivity contribution in [1.82, 2.24) is 28.9 Å².